The van der Waals surface area contributed by atoms with E-state index in [1.165, 1.54) is 16.1 Å². The molecule has 0 radical (unpaired) electrons. The average Bonchev–Trinajstić information content (AvgIpc) is 2.07. The smallest absolute Gasteiger partial charge is 0.166 e. The highest BCUT2D eigenvalue weighted by atomic mass is 14.7. The standard InChI is InChI=1S/C8H13N/c1-5-6(2)8(4)9-7(5)3/h9H,1-4H3/i/hD. The molecule has 1 rings (SSSR count). The van der Waals surface area contributed by atoms with Gasteiger partial charge in [-0.1, -0.05) is 0 Å². The van der Waals surface area contributed by atoms with Crippen molar-refractivity contribution in [3.05, 3.63) is 22.5 Å². The lowest BCUT2D eigenvalue weighted by Crippen LogP contribution is -1.73. The van der Waals surface area contributed by atoms with Crippen LogP contribution in [0.3, 0.4) is 0 Å². The number of hydrogen-bond acceptors (Lipinski definition) is 0. The van der Waals surface area contributed by atoms with E-state index in [0.717, 1.165) is 11.4 Å². The third-order valence-corrected chi connectivity index (χ3v) is 1.98. The Labute approximate surface area is 57.6 Å². The van der Waals surface area contributed by atoms with Gasteiger partial charge in [-0.25, -0.2) is 0 Å². The minimum Gasteiger partial charge on any atom is -0.362 e. The molecular formula is C8H13N. The van der Waals surface area contributed by atoms with Gasteiger partial charge in [0.2, 0.25) is 0 Å². The first kappa shape index (κ1) is 5.10. The van der Waals surface area contributed by atoms with Crippen LogP contribution < -0.4 is 0 Å². The zero-order chi connectivity index (χ0) is 7.89. The van der Waals surface area contributed by atoms with Crippen LogP contribution in [0.2, 0.25) is 1.41 Å². The zero-order valence-corrected chi connectivity index (χ0v) is 6.45. The number of H-pyrrole nitrogens is 1. The predicted molar refractivity (Wildman–Crippen MR) is 39.7 cm³/mol. The van der Waals surface area contributed by atoms with Crippen molar-refractivity contribution in [3.8, 4) is 0 Å². The van der Waals surface area contributed by atoms with E-state index in [9.17, 15) is 0 Å². The van der Waals surface area contributed by atoms with E-state index in [-0.39, 0.29) is 0 Å². The Morgan fingerprint density at radius 2 is 1.33 bits per heavy atom. The second-order valence-electron chi connectivity index (χ2n) is 2.53. The van der Waals surface area contributed by atoms with Crippen molar-refractivity contribution in [2.45, 2.75) is 27.7 Å². The molecule has 1 aromatic heterocycles. The van der Waals surface area contributed by atoms with Gasteiger partial charge < -0.3 is 4.98 Å². The Morgan fingerprint density at radius 1 is 1.00 bits per heavy atom. The molecule has 50 valence electrons. The van der Waals surface area contributed by atoms with E-state index >= 15 is 0 Å². The van der Waals surface area contributed by atoms with E-state index < -0.39 is 0 Å². The monoisotopic (exact) mass is 124 g/mol. The van der Waals surface area contributed by atoms with Crippen LogP contribution in [0, 0.1) is 27.7 Å². The molecule has 0 amide bonds. The SMILES string of the molecule is [2H]n1c(C)c(C)c(C)c1C. The second-order valence-corrected chi connectivity index (χ2v) is 2.53. The molecule has 1 aromatic rings. The summed E-state index contributed by atoms with van der Waals surface area (Å²) in [7, 11) is 0. The molecule has 0 atom stereocenters. The highest BCUT2D eigenvalue weighted by molar-refractivity contribution is 5.32. The van der Waals surface area contributed by atoms with Gasteiger partial charge in [0.25, 0.3) is 0 Å². The van der Waals surface area contributed by atoms with Crippen molar-refractivity contribution in [3.63, 3.8) is 0 Å². The largest absolute Gasteiger partial charge is 0.362 e. The summed E-state index contributed by atoms with van der Waals surface area (Å²) in [5.41, 5.74) is 4.59. The summed E-state index contributed by atoms with van der Waals surface area (Å²) in [4.78, 5) is 1.49. The third-order valence-electron chi connectivity index (χ3n) is 1.98. The molecule has 0 unspecified atom stereocenters. The second kappa shape index (κ2) is 1.90. The number of aromatic nitrogens is 1. The molecule has 0 spiro atoms. The summed E-state index contributed by atoms with van der Waals surface area (Å²) in [5, 5.41) is 0. The van der Waals surface area contributed by atoms with Gasteiger partial charge in [0.05, 0.1) is 0 Å². The Bertz CT molecular complexity index is 180. The number of rotatable bonds is 0. The maximum atomic E-state index is 7.52. The quantitative estimate of drug-likeness (QED) is 0.546. The van der Waals surface area contributed by atoms with Crippen LogP contribution in [0.1, 0.15) is 22.5 Å². The minimum absolute atomic E-state index is 1.05. The van der Waals surface area contributed by atoms with Crippen molar-refractivity contribution in [1.82, 2.24) is 4.98 Å². The van der Waals surface area contributed by atoms with Crippen molar-refractivity contribution in [1.29, 1.82) is 0 Å². The number of hydrogen-bond donors (Lipinski definition) is 1. The van der Waals surface area contributed by atoms with Gasteiger partial charge in [-0.05, 0) is 38.8 Å². The van der Waals surface area contributed by atoms with E-state index in [1.807, 2.05) is 13.8 Å². The van der Waals surface area contributed by atoms with Gasteiger partial charge in [-0.15, -0.1) is 0 Å². The van der Waals surface area contributed by atoms with Gasteiger partial charge in [0, 0.05) is 11.4 Å². The molecule has 1 N–H and O–H groups in total. The highest BCUT2D eigenvalue weighted by Gasteiger charge is 2.00. The normalized spacial score (nSPS) is 11.8. The molecule has 1 heteroatoms. The van der Waals surface area contributed by atoms with Gasteiger partial charge in [0.15, 0.2) is 1.41 Å². The maximum Gasteiger partial charge on any atom is 0.166 e. The van der Waals surface area contributed by atoms with Crippen molar-refractivity contribution >= 4 is 0 Å². The topological polar surface area (TPSA) is 15.8 Å². The molecule has 0 aliphatic rings. The molecule has 0 bridgehead atoms. The lowest BCUT2D eigenvalue weighted by molar-refractivity contribution is 1.17. The summed E-state index contributed by atoms with van der Waals surface area (Å²) < 4.78 is 7.52. The van der Waals surface area contributed by atoms with Gasteiger partial charge >= 0.3 is 0 Å². The number of aromatic amines is 1. The summed E-state index contributed by atoms with van der Waals surface area (Å²) >= 11 is 0. The molecule has 0 aliphatic heterocycles. The molecule has 0 saturated carbocycles. The van der Waals surface area contributed by atoms with Crippen LogP contribution >= 0.6 is 0 Å². The van der Waals surface area contributed by atoms with Crippen LogP contribution in [-0.4, -0.2) is 4.98 Å². The van der Waals surface area contributed by atoms with Crippen molar-refractivity contribution < 1.29 is 1.41 Å². The fraction of sp³-hybridized carbons (Fsp3) is 0.500. The third kappa shape index (κ3) is 0.869. The van der Waals surface area contributed by atoms with Crippen LogP contribution in [0.25, 0.3) is 0 Å². The summed E-state index contributed by atoms with van der Waals surface area (Å²) in [6.07, 6.45) is 0. The Morgan fingerprint density at radius 3 is 1.44 bits per heavy atom. The van der Waals surface area contributed by atoms with Gasteiger partial charge in [0.1, 0.15) is 0 Å². The molecule has 9 heavy (non-hydrogen) atoms. The Balaban J connectivity index is 3.44. The predicted octanol–water partition coefficient (Wildman–Crippen LogP) is 2.25. The molecule has 0 saturated heterocycles. The van der Waals surface area contributed by atoms with E-state index in [1.54, 1.807) is 0 Å². The highest BCUT2D eigenvalue weighted by Crippen LogP contribution is 2.14. The Kier molecular flexibility index (Phi) is 1.08. The van der Waals surface area contributed by atoms with Gasteiger partial charge in [-0.3, -0.25) is 0 Å². The van der Waals surface area contributed by atoms with Crippen LogP contribution in [-0.2, 0) is 0 Å². The molecule has 1 nitrogen and oxygen atoms in total. The van der Waals surface area contributed by atoms with Crippen molar-refractivity contribution in [2.24, 2.45) is 0 Å². The van der Waals surface area contributed by atoms with Crippen LogP contribution in [0.4, 0.5) is 0 Å². The summed E-state index contributed by atoms with van der Waals surface area (Å²) in [5.74, 6) is 0. The molecule has 1 heterocycles. The summed E-state index contributed by atoms with van der Waals surface area (Å²) in [6.45, 7) is 8.07. The first-order chi connectivity index (χ1) is 4.55. The maximum absolute atomic E-state index is 7.52. The Hall–Kier alpha value is -0.720. The lowest BCUT2D eigenvalue weighted by atomic mass is 10.2. The summed E-state index contributed by atoms with van der Waals surface area (Å²) in [6, 6.07) is 0. The molecule has 0 fully saturated rings. The van der Waals surface area contributed by atoms with E-state index in [0.29, 0.717) is 0 Å². The lowest BCUT2D eigenvalue weighted by Gasteiger charge is -1.88. The fourth-order valence-corrected chi connectivity index (χ4v) is 0.962. The van der Waals surface area contributed by atoms with Crippen LogP contribution in [0.15, 0.2) is 0 Å². The first-order valence-corrected chi connectivity index (χ1v) is 3.20. The van der Waals surface area contributed by atoms with E-state index in [4.69, 9.17) is 1.41 Å². The first-order valence-electron chi connectivity index (χ1n) is 3.64. The average molecular weight is 124 g/mol. The fourth-order valence-electron chi connectivity index (χ4n) is 0.962. The number of nitrogens with one attached hydrogen (secondary N) is 1. The van der Waals surface area contributed by atoms with Gasteiger partial charge in [-0.2, -0.15) is 0 Å². The minimum atomic E-state index is 1.05. The zero-order valence-electron chi connectivity index (χ0n) is 7.45. The molecular weight excluding hydrogens is 110 g/mol. The van der Waals surface area contributed by atoms with Crippen LogP contribution in [0.5, 0.6) is 0 Å². The molecule has 0 aromatic carbocycles. The van der Waals surface area contributed by atoms with Crippen molar-refractivity contribution in [2.75, 3.05) is 0 Å². The molecule has 0 aliphatic carbocycles. The van der Waals surface area contributed by atoms with E-state index in [2.05, 4.69) is 13.8 Å².